The van der Waals surface area contributed by atoms with Crippen LogP contribution in [0.1, 0.15) is 38.5 Å². The second-order valence-electron chi connectivity index (χ2n) is 10.5. The lowest BCUT2D eigenvalue weighted by molar-refractivity contribution is -0.122. The fourth-order valence-corrected chi connectivity index (χ4v) is 7.06. The van der Waals surface area contributed by atoms with E-state index in [-0.39, 0.29) is 17.7 Å². The van der Waals surface area contributed by atoms with Crippen LogP contribution >= 0.6 is 0 Å². The standard InChI is InChI=1S/C33H26N4O4/c1-41-26-17-9-8-16-25(26)37-31(39)28-27-19-10-2-5-13-22(19)33(29(28)32(37)40,23-14-6-3-11-20(23)27)18-35-36-30(38)21-12-4-7-15-24(21)34/h2-18,27-29H,34H2,1H3,(H,36,38)/b35-18-/t27?,28-,29-,33?/m1/s1. The van der Waals surface area contributed by atoms with Crippen molar-refractivity contribution in [3.05, 3.63) is 125 Å². The van der Waals surface area contributed by atoms with E-state index in [1.807, 2.05) is 48.5 Å². The van der Waals surface area contributed by atoms with Crippen molar-refractivity contribution in [1.29, 1.82) is 0 Å². The average Bonchev–Trinajstić information content (AvgIpc) is 3.27. The number of nitrogen functional groups attached to an aromatic ring is 1. The molecule has 8 rings (SSSR count). The number of benzene rings is 4. The van der Waals surface area contributed by atoms with Gasteiger partial charge in [-0.25, -0.2) is 10.3 Å². The van der Waals surface area contributed by atoms with E-state index in [0.717, 1.165) is 22.3 Å². The van der Waals surface area contributed by atoms with Gasteiger partial charge in [-0.2, -0.15) is 5.10 Å². The molecule has 8 nitrogen and oxygen atoms in total. The maximum Gasteiger partial charge on any atom is 0.273 e. The first-order chi connectivity index (χ1) is 20.0. The molecule has 1 saturated heterocycles. The lowest BCUT2D eigenvalue weighted by Gasteiger charge is -2.52. The Morgan fingerprint density at radius 3 is 2.17 bits per heavy atom. The van der Waals surface area contributed by atoms with Gasteiger partial charge in [-0.15, -0.1) is 0 Å². The molecule has 0 aromatic heterocycles. The number of carbonyl (C=O) groups excluding carboxylic acids is 3. The number of hydrogen-bond acceptors (Lipinski definition) is 6. The molecule has 1 aliphatic heterocycles. The number of nitrogens with one attached hydrogen (secondary N) is 1. The number of rotatable bonds is 5. The number of carbonyl (C=O) groups is 3. The number of nitrogens with two attached hydrogens (primary N) is 1. The number of anilines is 2. The van der Waals surface area contributed by atoms with E-state index in [1.54, 1.807) is 54.7 Å². The van der Waals surface area contributed by atoms with Crippen LogP contribution in [-0.2, 0) is 15.0 Å². The van der Waals surface area contributed by atoms with Crippen LogP contribution in [0.25, 0.3) is 0 Å². The van der Waals surface area contributed by atoms with Gasteiger partial charge < -0.3 is 10.5 Å². The quantitative estimate of drug-likeness (QED) is 0.169. The fraction of sp³-hybridized carbons (Fsp3) is 0.152. The Kier molecular flexibility index (Phi) is 5.54. The van der Waals surface area contributed by atoms with E-state index in [2.05, 4.69) is 10.5 Å². The number of hydrogen-bond donors (Lipinski definition) is 2. The summed E-state index contributed by atoms with van der Waals surface area (Å²) in [5, 5.41) is 4.44. The molecule has 4 aromatic carbocycles. The first-order valence-electron chi connectivity index (χ1n) is 13.4. The molecule has 1 fully saturated rings. The number of imide groups is 1. The van der Waals surface area contributed by atoms with Crippen molar-refractivity contribution < 1.29 is 19.1 Å². The molecule has 3 aliphatic carbocycles. The molecule has 3 N–H and O–H groups in total. The highest BCUT2D eigenvalue weighted by atomic mass is 16.5. The van der Waals surface area contributed by atoms with Gasteiger partial charge in [0.1, 0.15) is 5.75 Å². The lowest BCUT2D eigenvalue weighted by Crippen LogP contribution is -2.54. The molecule has 4 aromatic rings. The van der Waals surface area contributed by atoms with Crippen LogP contribution in [0.2, 0.25) is 0 Å². The number of methoxy groups -OCH3 is 1. The minimum Gasteiger partial charge on any atom is -0.495 e. The minimum absolute atomic E-state index is 0.280. The van der Waals surface area contributed by atoms with Gasteiger partial charge in [0.2, 0.25) is 11.8 Å². The third-order valence-electron chi connectivity index (χ3n) is 8.65. The Labute approximate surface area is 236 Å². The Morgan fingerprint density at radius 1 is 0.878 bits per heavy atom. The van der Waals surface area contributed by atoms with Gasteiger partial charge in [0.25, 0.3) is 5.91 Å². The molecule has 4 aliphatic rings. The zero-order valence-electron chi connectivity index (χ0n) is 22.2. The summed E-state index contributed by atoms with van der Waals surface area (Å²) in [6.45, 7) is 0. The highest BCUT2D eigenvalue weighted by Crippen LogP contribution is 2.63. The van der Waals surface area contributed by atoms with Crippen molar-refractivity contribution in [2.45, 2.75) is 11.3 Å². The minimum atomic E-state index is -1.11. The topological polar surface area (TPSA) is 114 Å². The van der Waals surface area contributed by atoms with Gasteiger partial charge in [-0.3, -0.25) is 14.4 Å². The Morgan fingerprint density at radius 2 is 1.49 bits per heavy atom. The third kappa shape index (κ3) is 3.34. The van der Waals surface area contributed by atoms with Crippen molar-refractivity contribution in [2.24, 2.45) is 16.9 Å². The van der Waals surface area contributed by atoms with Crippen molar-refractivity contribution in [3.8, 4) is 5.75 Å². The summed E-state index contributed by atoms with van der Waals surface area (Å²) in [6.07, 6.45) is 1.63. The summed E-state index contributed by atoms with van der Waals surface area (Å²) in [5.41, 5.74) is 12.3. The molecule has 0 radical (unpaired) electrons. The van der Waals surface area contributed by atoms with Crippen molar-refractivity contribution in [1.82, 2.24) is 5.43 Å². The molecule has 2 atom stereocenters. The van der Waals surface area contributed by atoms with Gasteiger partial charge in [-0.1, -0.05) is 72.8 Å². The van der Waals surface area contributed by atoms with E-state index in [4.69, 9.17) is 10.5 Å². The Balaban J connectivity index is 1.42. The van der Waals surface area contributed by atoms with E-state index >= 15 is 0 Å². The highest BCUT2D eigenvalue weighted by Gasteiger charge is 2.68. The summed E-state index contributed by atoms with van der Waals surface area (Å²) in [7, 11) is 1.52. The highest BCUT2D eigenvalue weighted by molar-refractivity contribution is 6.25. The largest absolute Gasteiger partial charge is 0.495 e. The second kappa shape index (κ2) is 9.16. The fourth-order valence-electron chi connectivity index (χ4n) is 7.06. The SMILES string of the molecule is COc1ccccc1N1C(=O)[C@@H]2C3c4ccccc4C(/C=N\NC(=O)c4ccccc4N)(c4ccccc43)[C@H]2C1=O. The molecular weight excluding hydrogens is 516 g/mol. The molecule has 8 heteroatoms. The zero-order chi connectivity index (χ0) is 28.3. The summed E-state index contributed by atoms with van der Waals surface area (Å²) in [5.74, 6) is -2.40. The van der Waals surface area contributed by atoms with Crippen molar-refractivity contribution >= 4 is 35.3 Å². The van der Waals surface area contributed by atoms with Crippen LogP contribution in [0.15, 0.2) is 102 Å². The molecule has 0 spiro atoms. The summed E-state index contributed by atoms with van der Waals surface area (Å²) in [4.78, 5) is 43.1. The first-order valence-corrected chi connectivity index (χ1v) is 13.4. The normalized spacial score (nSPS) is 23.7. The smallest absolute Gasteiger partial charge is 0.273 e. The van der Waals surface area contributed by atoms with Gasteiger partial charge in [-0.05, 0) is 46.5 Å². The van der Waals surface area contributed by atoms with Gasteiger partial charge in [0.05, 0.1) is 35.6 Å². The third-order valence-corrected chi connectivity index (χ3v) is 8.65. The van der Waals surface area contributed by atoms with Crippen LogP contribution in [0.4, 0.5) is 11.4 Å². The number of nitrogens with zero attached hydrogens (tertiary/aromatic N) is 2. The Hall–Kier alpha value is -5.24. The van der Waals surface area contributed by atoms with Crippen LogP contribution in [0.5, 0.6) is 5.75 Å². The van der Waals surface area contributed by atoms with Gasteiger partial charge in [0, 0.05) is 17.8 Å². The average molecular weight is 543 g/mol. The number of ether oxygens (including phenoxy) is 1. The molecule has 1 heterocycles. The maximum atomic E-state index is 14.5. The number of para-hydroxylation sites is 3. The summed E-state index contributed by atoms with van der Waals surface area (Å²) >= 11 is 0. The molecule has 0 saturated carbocycles. The zero-order valence-corrected chi connectivity index (χ0v) is 22.2. The van der Waals surface area contributed by atoms with E-state index in [1.165, 1.54) is 12.0 Å². The van der Waals surface area contributed by atoms with Crippen LogP contribution < -0.4 is 20.8 Å². The molecule has 0 unspecified atom stereocenters. The van der Waals surface area contributed by atoms with Crippen molar-refractivity contribution in [3.63, 3.8) is 0 Å². The summed E-state index contributed by atoms with van der Waals surface area (Å²) in [6, 6.07) is 29.5. The second-order valence-corrected chi connectivity index (χ2v) is 10.5. The Bertz CT molecular complexity index is 1730. The molecule has 3 amide bonds. The molecule has 41 heavy (non-hydrogen) atoms. The lowest BCUT2D eigenvalue weighted by atomic mass is 9.47. The van der Waals surface area contributed by atoms with E-state index in [0.29, 0.717) is 22.7 Å². The van der Waals surface area contributed by atoms with Crippen LogP contribution in [0, 0.1) is 11.8 Å². The van der Waals surface area contributed by atoms with E-state index < -0.39 is 23.2 Å². The predicted molar refractivity (Wildman–Crippen MR) is 155 cm³/mol. The predicted octanol–water partition coefficient (Wildman–Crippen LogP) is 4.24. The monoisotopic (exact) mass is 542 g/mol. The number of amides is 3. The summed E-state index contributed by atoms with van der Waals surface area (Å²) < 4.78 is 5.54. The first kappa shape index (κ1) is 24.8. The molecular formula is C33H26N4O4. The van der Waals surface area contributed by atoms with E-state index in [9.17, 15) is 14.4 Å². The molecule has 202 valence electrons. The van der Waals surface area contributed by atoms with Crippen LogP contribution in [0.3, 0.4) is 0 Å². The van der Waals surface area contributed by atoms with Gasteiger partial charge in [0.15, 0.2) is 0 Å². The van der Waals surface area contributed by atoms with Gasteiger partial charge >= 0.3 is 0 Å². The number of hydrazone groups is 1. The van der Waals surface area contributed by atoms with Crippen LogP contribution in [-0.4, -0.2) is 31.0 Å². The maximum absolute atomic E-state index is 14.5. The van der Waals surface area contributed by atoms with Crippen molar-refractivity contribution in [2.75, 3.05) is 17.7 Å². The molecule has 2 bridgehead atoms.